The summed E-state index contributed by atoms with van der Waals surface area (Å²) in [5.41, 5.74) is 2.28. The lowest BCUT2D eigenvalue weighted by atomic mass is 9.94. The van der Waals surface area contributed by atoms with Crippen LogP contribution in [0.3, 0.4) is 0 Å². The van der Waals surface area contributed by atoms with E-state index in [1.807, 2.05) is 5.06 Å². The maximum Gasteiger partial charge on any atom is 0.227 e. The first-order chi connectivity index (χ1) is 11.6. The van der Waals surface area contributed by atoms with Gasteiger partial charge >= 0.3 is 0 Å². The molecule has 2 heterocycles. The van der Waals surface area contributed by atoms with Gasteiger partial charge in [-0.3, -0.25) is 0 Å². The fourth-order valence-corrected chi connectivity index (χ4v) is 3.12. The fraction of sp³-hybridized carbons (Fsp3) is 0.556. The summed E-state index contributed by atoms with van der Waals surface area (Å²) >= 11 is 0. The van der Waals surface area contributed by atoms with Gasteiger partial charge in [0.2, 0.25) is 11.7 Å². The number of hydrogen-bond donors (Lipinski definition) is 0. The molecule has 0 radical (unpaired) electrons. The van der Waals surface area contributed by atoms with Gasteiger partial charge in [0.15, 0.2) is 0 Å². The van der Waals surface area contributed by atoms with Gasteiger partial charge in [0.1, 0.15) is 0 Å². The molecule has 0 atom stereocenters. The van der Waals surface area contributed by atoms with Gasteiger partial charge in [-0.2, -0.15) is 10.0 Å². The molecule has 0 amide bonds. The van der Waals surface area contributed by atoms with Gasteiger partial charge in [0, 0.05) is 31.6 Å². The van der Waals surface area contributed by atoms with Crippen LogP contribution in [0.4, 0.5) is 0 Å². The van der Waals surface area contributed by atoms with E-state index in [1.54, 1.807) is 7.11 Å². The van der Waals surface area contributed by atoms with Crippen molar-refractivity contribution in [3.8, 4) is 11.4 Å². The van der Waals surface area contributed by atoms with Crippen LogP contribution in [0.15, 0.2) is 28.8 Å². The number of hydroxylamine groups is 2. The molecule has 1 aromatic carbocycles. The Kier molecular flexibility index (Phi) is 5.60. The standard InChI is InChI=1S/C18H26N4O2/c1-21(2)13-15-4-6-16(7-5-15)18-19-17(24-20-18)12-14-8-10-22(23-3)11-9-14/h4-7,14H,8-13H2,1-3H3. The molecular formula is C18H26N4O2. The van der Waals surface area contributed by atoms with Crippen molar-refractivity contribution in [3.05, 3.63) is 35.7 Å². The summed E-state index contributed by atoms with van der Waals surface area (Å²) in [6, 6.07) is 8.35. The van der Waals surface area contributed by atoms with Crippen LogP contribution in [0.25, 0.3) is 11.4 Å². The van der Waals surface area contributed by atoms with Gasteiger partial charge in [-0.05, 0) is 38.4 Å². The molecular weight excluding hydrogens is 304 g/mol. The maximum absolute atomic E-state index is 5.46. The number of rotatable bonds is 6. The van der Waals surface area contributed by atoms with Crippen LogP contribution in [-0.2, 0) is 17.8 Å². The van der Waals surface area contributed by atoms with Gasteiger partial charge in [0.25, 0.3) is 0 Å². The highest BCUT2D eigenvalue weighted by molar-refractivity contribution is 5.54. The Morgan fingerprint density at radius 3 is 2.54 bits per heavy atom. The smallest absolute Gasteiger partial charge is 0.227 e. The second kappa shape index (κ2) is 7.88. The van der Waals surface area contributed by atoms with Crippen LogP contribution in [-0.4, -0.2) is 54.4 Å². The molecule has 1 aliphatic rings. The molecule has 130 valence electrons. The van der Waals surface area contributed by atoms with Gasteiger partial charge in [-0.25, -0.2) is 0 Å². The van der Waals surface area contributed by atoms with Crippen molar-refractivity contribution in [1.29, 1.82) is 0 Å². The minimum Gasteiger partial charge on any atom is -0.339 e. The lowest BCUT2D eigenvalue weighted by Crippen LogP contribution is -2.33. The molecule has 6 heteroatoms. The number of benzene rings is 1. The van der Waals surface area contributed by atoms with Crippen LogP contribution >= 0.6 is 0 Å². The zero-order valence-corrected chi connectivity index (χ0v) is 14.7. The van der Waals surface area contributed by atoms with Crippen molar-refractivity contribution in [2.24, 2.45) is 5.92 Å². The normalized spacial score (nSPS) is 16.8. The highest BCUT2D eigenvalue weighted by Crippen LogP contribution is 2.23. The number of nitrogens with zero attached hydrogens (tertiary/aromatic N) is 4. The molecule has 2 aromatic rings. The van der Waals surface area contributed by atoms with Crippen LogP contribution in [0.1, 0.15) is 24.3 Å². The van der Waals surface area contributed by atoms with Crippen LogP contribution in [0.5, 0.6) is 0 Å². The van der Waals surface area contributed by atoms with Crippen LogP contribution < -0.4 is 0 Å². The predicted octanol–water partition coefficient (Wildman–Crippen LogP) is 2.61. The van der Waals surface area contributed by atoms with Crippen LogP contribution in [0, 0.1) is 5.92 Å². The van der Waals surface area contributed by atoms with E-state index in [2.05, 4.69) is 53.4 Å². The van der Waals surface area contributed by atoms with Crippen molar-refractivity contribution >= 4 is 0 Å². The first kappa shape index (κ1) is 17.1. The Hall–Kier alpha value is -1.76. The molecule has 0 spiro atoms. The Bertz CT molecular complexity index is 631. The molecule has 3 rings (SSSR count). The summed E-state index contributed by atoms with van der Waals surface area (Å²) in [6.07, 6.45) is 3.05. The fourth-order valence-electron chi connectivity index (χ4n) is 3.12. The Morgan fingerprint density at radius 1 is 1.21 bits per heavy atom. The SMILES string of the molecule is CON1CCC(Cc2nc(-c3ccc(CN(C)C)cc3)no2)CC1. The van der Waals surface area contributed by atoms with E-state index in [0.29, 0.717) is 11.7 Å². The molecule has 0 N–H and O–H groups in total. The molecule has 0 unspecified atom stereocenters. The zero-order valence-electron chi connectivity index (χ0n) is 14.7. The minimum atomic E-state index is 0.590. The third kappa shape index (κ3) is 4.41. The monoisotopic (exact) mass is 330 g/mol. The van der Waals surface area contributed by atoms with E-state index in [0.717, 1.165) is 50.4 Å². The summed E-state index contributed by atoms with van der Waals surface area (Å²) in [5, 5.41) is 6.15. The first-order valence-electron chi connectivity index (χ1n) is 8.49. The molecule has 0 bridgehead atoms. The van der Waals surface area contributed by atoms with Gasteiger partial charge < -0.3 is 14.3 Å². The van der Waals surface area contributed by atoms with Crippen molar-refractivity contribution in [3.63, 3.8) is 0 Å². The van der Waals surface area contributed by atoms with Crippen molar-refractivity contribution < 1.29 is 9.36 Å². The Balaban J connectivity index is 1.59. The second-order valence-corrected chi connectivity index (χ2v) is 6.71. The second-order valence-electron chi connectivity index (χ2n) is 6.71. The maximum atomic E-state index is 5.46. The zero-order chi connectivity index (χ0) is 16.9. The van der Waals surface area contributed by atoms with Crippen molar-refractivity contribution in [2.45, 2.75) is 25.8 Å². The quantitative estimate of drug-likeness (QED) is 0.811. The van der Waals surface area contributed by atoms with Crippen LogP contribution in [0.2, 0.25) is 0 Å². The van der Waals surface area contributed by atoms with E-state index < -0.39 is 0 Å². The van der Waals surface area contributed by atoms with E-state index in [9.17, 15) is 0 Å². The largest absolute Gasteiger partial charge is 0.339 e. The molecule has 6 nitrogen and oxygen atoms in total. The third-order valence-electron chi connectivity index (χ3n) is 4.47. The molecule has 1 saturated heterocycles. The van der Waals surface area contributed by atoms with Gasteiger partial charge in [0.05, 0.1) is 7.11 Å². The third-order valence-corrected chi connectivity index (χ3v) is 4.47. The Labute approximate surface area is 143 Å². The molecule has 1 fully saturated rings. The van der Waals surface area contributed by atoms with E-state index in [1.165, 1.54) is 5.56 Å². The topological polar surface area (TPSA) is 54.6 Å². The molecule has 1 aliphatic heterocycles. The summed E-state index contributed by atoms with van der Waals surface area (Å²) < 4.78 is 5.46. The first-order valence-corrected chi connectivity index (χ1v) is 8.49. The van der Waals surface area contributed by atoms with E-state index >= 15 is 0 Å². The minimum absolute atomic E-state index is 0.590. The lowest BCUT2D eigenvalue weighted by Gasteiger charge is -2.29. The molecule has 24 heavy (non-hydrogen) atoms. The molecule has 0 saturated carbocycles. The summed E-state index contributed by atoms with van der Waals surface area (Å²) in [6.45, 7) is 2.86. The number of aromatic nitrogens is 2. The Morgan fingerprint density at radius 2 is 1.92 bits per heavy atom. The van der Waals surface area contributed by atoms with E-state index in [4.69, 9.17) is 9.36 Å². The van der Waals surface area contributed by atoms with Crippen molar-refractivity contribution in [2.75, 3.05) is 34.3 Å². The average Bonchev–Trinajstić information content (AvgIpc) is 3.04. The summed E-state index contributed by atoms with van der Waals surface area (Å²) in [4.78, 5) is 12.0. The van der Waals surface area contributed by atoms with E-state index in [-0.39, 0.29) is 0 Å². The predicted molar refractivity (Wildman–Crippen MR) is 92.1 cm³/mol. The number of piperidine rings is 1. The molecule has 0 aliphatic carbocycles. The highest BCUT2D eigenvalue weighted by Gasteiger charge is 2.21. The van der Waals surface area contributed by atoms with Gasteiger partial charge in [-0.15, -0.1) is 0 Å². The average molecular weight is 330 g/mol. The van der Waals surface area contributed by atoms with Crippen molar-refractivity contribution in [1.82, 2.24) is 20.1 Å². The summed E-state index contributed by atoms with van der Waals surface area (Å²) in [7, 11) is 5.86. The van der Waals surface area contributed by atoms with Gasteiger partial charge in [-0.1, -0.05) is 29.4 Å². The highest BCUT2D eigenvalue weighted by atomic mass is 16.7. The lowest BCUT2D eigenvalue weighted by molar-refractivity contribution is -0.148. The summed E-state index contributed by atoms with van der Waals surface area (Å²) in [5.74, 6) is 2.00. The molecule has 1 aromatic heterocycles. The number of hydrogen-bond acceptors (Lipinski definition) is 6.